The number of aromatic nitrogens is 6. The molecule has 0 saturated carbocycles. The van der Waals surface area contributed by atoms with Gasteiger partial charge in [-0.2, -0.15) is 0 Å². The lowest BCUT2D eigenvalue weighted by Gasteiger charge is -2.50. The van der Waals surface area contributed by atoms with E-state index in [1.165, 1.54) is 95.7 Å². The molecular formula is C71H76Cl2F4N12O10. The zero-order chi connectivity index (χ0) is 72.2. The number of halogens is 6. The number of nitrogens with one attached hydrogen (secondary N) is 1. The number of fused-ring (bicyclic) bond motifs is 10. The van der Waals surface area contributed by atoms with Gasteiger partial charge in [0.2, 0.25) is 5.91 Å². The zero-order valence-corrected chi connectivity index (χ0v) is 59.3. The Morgan fingerprint density at radius 2 is 0.990 bits per heavy atom. The van der Waals surface area contributed by atoms with E-state index in [0.717, 1.165) is 10.6 Å². The summed E-state index contributed by atoms with van der Waals surface area (Å²) in [5.74, 6) is -4.88. The van der Waals surface area contributed by atoms with Crippen LogP contribution in [0.3, 0.4) is 0 Å². The molecule has 0 unspecified atom stereocenters. The Kier molecular flexibility index (Phi) is 18.8. The lowest BCUT2D eigenvalue weighted by molar-refractivity contribution is -0.121. The van der Waals surface area contributed by atoms with Crippen molar-refractivity contribution in [3.63, 3.8) is 0 Å². The van der Waals surface area contributed by atoms with E-state index in [1.54, 1.807) is 72.1 Å². The molecule has 2 saturated heterocycles. The molecule has 4 aromatic heterocycles. The Balaban J connectivity index is 0.000000200. The van der Waals surface area contributed by atoms with Gasteiger partial charge in [-0.25, -0.2) is 47.1 Å². The van der Waals surface area contributed by atoms with Gasteiger partial charge in [0, 0.05) is 54.1 Å². The fourth-order valence-electron chi connectivity index (χ4n) is 13.6. The quantitative estimate of drug-likeness (QED) is 0.139. The topological polar surface area (TPSA) is 229 Å². The molecule has 4 amide bonds. The number of likely N-dealkylation sites (N-methyl/N-ethyl adjacent to an activating group) is 1. The van der Waals surface area contributed by atoms with Crippen LogP contribution in [0.1, 0.15) is 118 Å². The number of amides is 4. The van der Waals surface area contributed by atoms with Crippen molar-refractivity contribution < 1.29 is 55.7 Å². The number of aryl methyl sites for hydroxylation is 2. The van der Waals surface area contributed by atoms with Crippen molar-refractivity contribution >= 4 is 91.8 Å². The molecule has 4 aromatic carbocycles. The number of pyridine rings is 2. The van der Waals surface area contributed by atoms with Crippen molar-refractivity contribution in [1.82, 2.24) is 38.9 Å². The first-order valence-electron chi connectivity index (χ1n) is 32.1. The summed E-state index contributed by atoms with van der Waals surface area (Å²) >= 11 is 13.7. The van der Waals surface area contributed by atoms with Gasteiger partial charge in [-0.3, -0.25) is 28.3 Å². The number of benzene rings is 4. The monoisotopic (exact) mass is 1400 g/mol. The number of ether oxygens (including phenoxy) is 4. The molecule has 2 fully saturated rings. The average molecular weight is 1400 g/mol. The third-order valence-corrected chi connectivity index (χ3v) is 18.5. The Labute approximate surface area is 578 Å². The maximum absolute atomic E-state index is 17.6. The maximum Gasteiger partial charge on any atom is 0.410 e. The third kappa shape index (κ3) is 12.2. The standard InChI is InChI=1S/C36H39ClF2N6O5.C35H37ClF2N6O5/c1-17(2)28-29(19(4)40-16-41-28)45-30-20(13-21(37)25(27(30)39)26-22(38)11-10-12-24(26)49-9)31-32(34(45)47)42(8)33(46)23-15-43(18(3)14-44(23)31)35(48)50-36(5,6)7;1-16(2)27-29(18(4)39-15-40-27)44-30-19(12-20(36)24(26(30)38)25-21(37)10-9-11-23(25)48-8)31-28(33(44)46)41-32(45)22-14-42(17(3)13-43(22)31)34(47)49-35(5,6)7/h10-13,16-18,23H,14-15H2,1-9H3;9-12,15-17,22H,13-14H2,1-8H3,(H,41,45)/t18-,23-;17-,22-/m11/s1. The van der Waals surface area contributed by atoms with Crippen LogP contribution in [0.15, 0.2) is 70.8 Å². The second-order valence-electron chi connectivity index (χ2n) is 27.6. The summed E-state index contributed by atoms with van der Waals surface area (Å²) in [6.07, 6.45) is 1.57. The molecule has 12 rings (SSSR count). The van der Waals surface area contributed by atoms with E-state index < -0.39 is 93.8 Å². The summed E-state index contributed by atoms with van der Waals surface area (Å²) < 4.78 is 90.6. The van der Waals surface area contributed by atoms with Crippen molar-refractivity contribution in [1.29, 1.82) is 0 Å². The number of hydrogen-bond donors (Lipinski definition) is 1. The molecule has 522 valence electrons. The van der Waals surface area contributed by atoms with E-state index in [1.807, 2.05) is 34.6 Å². The summed E-state index contributed by atoms with van der Waals surface area (Å²) in [4.78, 5) is 109. The van der Waals surface area contributed by atoms with Crippen LogP contribution in [0.2, 0.25) is 10.0 Å². The first-order valence-corrected chi connectivity index (χ1v) is 32.9. The number of carbonyl (C=O) groups excluding carboxylic acids is 4. The number of carbonyl (C=O) groups is 4. The number of anilines is 4. The van der Waals surface area contributed by atoms with E-state index in [9.17, 15) is 28.8 Å². The second kappa shape index (κ2) is 26.3. The fraction of sp³-hybridized carbons (Fsp3) is 0.408. The molecule has 28 heteroatoms. The second-order valence-corrected chi connectivity index (χ2v) is 28.4. The number of nitrogens with zero attached hydrogens (tertiary/aromatic N) is 11. The molecule has 8 aromatic rings. The Bertz CT molecular complexity index is 4820. The minimum absolute atomic E-state index is 0.0127. The zero-order valence-electron chi connectivity index (χ0n) is 57.8. The van der Waals surface area contributed by atoms with Gasteiger partial charge in [0.1, 0.15) is 70.4 Å². The average Bonchev–Trinajstić information content (AvgIpc) is 0.705. The molecule has 0 bridgehead atoms. The number of piperazine rings is 2. The van der Waals surface area contributed by atoms with Crippen molar-refractivity contribution in [3.8, 4) is 45.1 Å². The molecule has 99 heavy (non-hydrogen) atoms. The van der Waals surface area contributed by atoms with Crippen molar-refractivity contribution in [2.24, 2.45) is 0 Å². The molecule has 4 aliphatic heterocycles. The summed E-state index contributed by atoms with van der Waals surface area (Å²) in [7, 11) is 4.14. The highest BCUT2D eigenvalue weighted by Gasteiger charge is 2.49. The largest absolute Gasteiger partial charge is 0.496 e. The molecule has 1 N–H and O–H groups in total. The van der Waals surface area contributed by atoms with Crippen molar-refractivity contribution in [2.45, 2.75) is 144 Å². The van der Waals surface area contributed by atoms with Gasteiger partial charge in [-0.1, -0.05) is 63.0 Å². The van der Waals surface area contributed by atoms with E-state index in [0.29, 0.717) is 22.8 Å². The summed E-state index contributed by atoms with van der Waals surface area (Å²) in [5, 5.41) is 2.83. The highest BCUT2D eigenvalue weighted by atomic mass is 35.5. The highest BCUT2D eigenvalue weighted by molar-refractivity contribution is 6.35. The summed E-state index contributed by atoms with van der Waals surface area (Å²) in [5.41, 5.74) is -1.96. The Morgan fingerprint density at radius 3 is 1.41 bits per heavy atom. The predicted octanol–water partition coefficient (Wildman–Crippen LogP) is 13.2. The van der Waals surface area contributed by atoms with Crippen LogP contribution in [-0.2, 0) is 19.1 Å². The Hall–Kier alpha value is -9.56. The lowest BCUT2D eigenvalue weighted by atomic mass is 9.95. The summed E-state index contributed by atoms with van der Waals surface area (Å²) in [6, 6.07) is 8.28. The van der Waals surface area contributed by atoms with Crippen LogP contribution >= 0.6 is 23.2 Å². The molecule has 4 aliphatic rings. The van der Waals surface area contributed by atoms with Crippen LogP contribution in [0.4, 0.5) is 49.9 Å². The minimum atomic E-state index is -0.988. The number of methoxy groups -OCH3 is 2. The maximum atomic E-state index is 17.6. The fourth-order valence-corrected chi connectivity index (χ4v) is 14.1. The van der Waals surface area contributed by atoms with Crippen LogP contribution in [0.5, 0.6) is 11.5 Å². The van der Waals surface area contributed by atoms with Gasteiger partial charge < -0.3 is 48.8 Å². The molecule has 8 heterocycles. The molecule has 0 radical (unpaired) electrons. The van der Waals surface area contributed by atoms with Gasteiger partial charge in [-0.05, 0) is 117 Å². The van der Waals surface area contributed by atoms with Gasteiger partial charge in [0.15, 0.2) is 11.6 Å². The first-order chi connectivity index (χ1) is 46.5. The molecule has 0 spiro atoms. The number of rotatable bonds is 8. The molecule has 22 nitrogen and oxygen atoms in total. The first kappa shape index (κ1) is 70.7. The van der Waals surface area contributed by atoms with Crippen LogP contribution in [0, 0.1) is 37.1 Å². The highest BCUT2D eigenvalue weighted by Crippen LogP contribution is 2.50. The van der Waals surface area contributed by atoms with Gasteiger partial charge in [0.25, 0.3) is 17.0 Å². The molecule has 0 aliphatic carbocycles. The van der Waals surface area contributed by atoms with E-state index >= 15 is 17.6 Å². The van der Waals surface area contributed by atoms with E-state index in [-0.39, 0.29) is 138 Å². The minimum Gasteiger partial charge on any atom is -0.496 e. The lowest BCUT2D eigenvalue weighted by Crippen LogP contribution is -2.66. The third-order valence-electron chi connectivity index (χ3n) is 17.9. The molecular weight excluding hydrogens is 1330 g/mol. The summed E-state index contributed by atoms with van der Waals surface area (Å²) in [6.45, 7) is 25.1. The van der Waals surface area contributed by atoms with Gasteiger partial charge >= 0.3 is 12.2 Å². The van der Waals surface area contributed by atoms with Crippen LogP contribution in [-0.4, -0.2) is 146 Å². The van der Waals surface area contributed by atoms with Crippen LogP contribution in [0.25, 0.3) is 55.4 Å². The van der Waals surface area contributed by atoms with E-state index in [4.69, 9.17) is 42.1 Å². The SMILES string of the molecule is COc1cccc(F)c1-c1c(Cl)cc2c3c(c(=O)n(-c4c(C)ncnc4C(C)C)c2c1F)N(C)C(=O)[C@H]1CN(C(=O)OC(C)(C)C)[C@H](C)CN31.COc1cccc(F)c1-c1c(Cl)cc2c3c(c(=O)n(-c4c(C)ncnc4C(C)C)c2c1F)NC(=O)[C@H]1CN(C(=O)OC(C)(C)C)[C@H](C)CN31. The van der Waals surface area contributed by atoms with Crippen LogP contribution < -0.4 is 40.6 Å². The van der Waals surface area contributed by atoms with Crippen molar-refractivity contribution in [2.75, 3.05) is 67.5 Å². The van der Waals surface area contributed by atoms with Gasteiger partial charge in [0.05, 0.1) is 105 Å². The predicted molar refractivity (Wildman–Crippen MR) is 371 cm³/mol. The smallest absolute Gasteiger partial charge is 0.410 e. The van der Waals surface area contributed by atoms with E-state index in [2.05, 4.69) is 25.3 Å². The van der Waals surface area contributed by atoms with Crippen molar-refractivity contribution in [3.05, 3.63) is 138 Å². The van der Waals surface area contributed by atoms with Gasteiger partial charge in [-0.15, -0.1) is 0 Å². The normalized spacial score (nSPS) is 17.6. The Morgan fingerprint density at radius 1 is 0.576 bits per heavy atom. The number of hydrogen-bond acceptors (Lipinski definition) is 16. The molecule has 4 atom stereocenters.